The summed E-state index contributed by atoms with van der Waals surface area (Å²) < 4.78 is 0.857. The van der Waals surface area contributed by atoms with Gasteiger partial charge in [0.2, 0.25) is 0 Å². The van der Waals surface area contributed by atoms with E-state index in [2.05, 4.69) is 11.9 Å². The van der Waals surface area contributed by atoms with E-state index < -0.39 is 0 Å². The summed E-state index contributed by atoms with van der Waals surface area (Å²) in [4.78, 5) is 1.28. The normalized spacial score (nSPS) is 10.1. The van der Waals surface area contributed by atoms with Gasteiger partial charge in [-0.25, -0.2) is 0 Å². The lowest BCUT2D eigenvalue weighted by atomic mass is 10.4. The van der Waals surface area contributed by atoms with Crippen LogP contribution in [0.1, 0.15) is 11.3 Å². The molecule has 0 aromatic carbocycles. The van der Waals surface area contributed by atoms with Crippen LogP contribution in [0, 0.1) is 0 Å². The summed E-state index contributed by atoms with van der Waals surface area (Å²) in [6, 6.07) is 3.98. The Labute approximate surface area is 82.1 Å². The topological polar surface area (TPSA) is 12.0 Å². The first-order valence-electron chi connectivity index (χ1n) is 3.89. The van der Waals surface area contributed by atoms with Crippen LogP contribution in [0.5, 0.6) is 0 Å². The van der Waals surface area contributed by atoms with Crippen molar-refractivity contribution in [2.75, 3.05) is 6.54 Å². The molecule has 66 valence electrons. The number of thiophene rings is 1. The summed E-state index contributed by atoms with van der Waals surface area (Å²) in [7, 11) is 0. The summed E-state index contributed by atoms with van der Waals surface area (Å²) in [5.74, 6) is 0. The van der Waals surface area contributed by atoms with E-state index in [1.807, 2.05) is 18.2 Å². The monoisotopic (exact) mass is 201 g/mol. The second-order valence-electron chi connectivity index (χ2n) is 2.46. The summed E-state index contributed by atoms with van der Waals surface area (Å²) in [6.45, 7) is 5.54. The van der Waals surface area contributed by atoms with Gasteiger partial charge in [-0.2, -0.15) is 0 Å². The largest absolute Gasteiger partial charge is 0.312 e. The van der Waals surface area contributed by atoms with Crippen LogP contribution in [0.15, 0.2) is 24.8 Å². The van der Waals surface area contributed by atoms with E-state index in [-0.39, 0.29) is 0 Å². The Balaban J connectivity index is 2.19. The molecule has 1 rings (SSSR count). The third-order valence-electron chi connectivity index (χ3n) is 1.45. The number of nitrogens with one attached hydrogen (secondary N) is 1. The molecule has 1 aromatic heterocycles. The highest BCUT2D eigenvalue weighted by atomic mass is 35.5. The SMILES string of the molecule is C=CCCNCc1ccc(Cl)s1. The first-order valence-corrected chi connectivity index (χ1v) is 5.08. The number of halogens is 1. The first kappa shape index (κ1) is 9.78. The second kappa shape index (κ2) is 5.36. The minimum atomic E-state index is 0.857. The van der Waals surface area contributed by atoms with Crippen molar-refractivity contribution in [2.45, 2.75) is 13.0 Å². The molecule has 0 aliphatic carbocycles. The van der Waals surface area contributed by atoms with Gasteiger partial charge in [-0.3, -0.25) is 0 Å². The number of hydrogen-bond acceptors (Lipinski definition) is 2. The van der Waals surface area contributed by atoms with Crippen molar-refractivity contribution in [1.82, 2.24) is 5.32 Å². The van der Waals surface area contributed by atoms with E-state index in [9.17, 15) is 0 Å². The van der Waals surface area contributed by atoms with Gasteiger partial charge < -0.3 is 5.32 Å². The highest BCUT2D eigenvalue weighted by Gasteiger charge is 1.95. The Morgan fingerprint density at radius 1 is 1.58 bits per heavy atom. The van der Waals surface area contributed by atoms with Crippen LogP contribution in [0.2, 0.25) is 4.34 Å². The van der Waals surface area contributed by atoms with Crippen molar-refractivity contribution in [3.8, 4) is 0 Å². The Hall–Kier alpha value is -0.310. The lowest BCUT2D eigenvalue weighted by molar-refractivity contribution is 0.703. The van der Waals surface area contributed by atoms with Crippen molar-refractivity contribution < 1.29 is 0 Å². The van der Waals surface area contributed by atoms with Gasteiger partial charge in [0, 0.05) is 11.4 Å². The van der Waals surface area contributed by atoms with Crippen molar-refractivity contribution in [2.24, 2.45) is 0 Å². The maximum absolute atomic E-state index is 5.78. The van der Waals surface area contributed by atoms with Crippen molar-refractivity contribution in [3.63, 3.8) is 0 Å². The molecule has 1 aromatic rings. The fraction of sp³-hybridized carbons (Fsp3) is 0.333. The molecule has 1 heterocycles. The summed E-state index contributed by atoms with van der Waals surface area (Å²) in [5, 5.41) is 3.30. The van der Waals surface area contributed by atoms with Crippen LogP contribution in [-0.4, -0.2) is 6.54 Å². The molecular formula is C9H12ClNS. The highest BCUT2D eigenvalue weighted by molar-refractivity contribution is 7.16. The molecule has 0 saturated carbocycles. The zero-order valence-electron chi connectivity index (χ0n) is 6.85. The van der Waals surface area contributed by atoms with E-state index >= 15 is 0 Å². The third kappa shape index (κ3) is 3.39. The number of hydrogen-bond donors (Lipinski definition) is 1. The predicted octanol–water partition coefficient (Wildman–Crippen LogP) is 3.07. The summed E-state index contributed by atoms with van der Waals surface area (Å²) in [6.07, 6.45) is 2.92. The average Bonchev–Trinajstić information content (AvgIpc) is 2.45. The van der Waals surface area contributed by atoms with Gasteiger partial charge in [-0.15, -0.1) is 17.9 Å². The van der Waals surface area contributed by atoms with Crippen LogP contribution >= 0.6 is 22.9 Å². The highest BCUT2D eigenvalue weighted by Crippen LogP contribution is 2.20. The molecule has 12 heavy (non-hydrogen) atoms. The van der Waals surface area contributed by atoms with Crippen molar-refractivity contribution in [1.29, 1.82) is 0 Å². The molecule has 0 aliphatic rings. The van der Waals surface area contributed by atoms with Gasteiger partial charge in [0.05, 0.1) is 4.34 Å². The molecule has 0 bridgehead atoms. The van der Waals surface area contributed by atoms with Gasteiger partial charge >= 0.3 is 0 Å². The molecule has 1 N–H and O–H groups in total. The van der Waals surface area contributed by atoms with Gasteiger partial charge in [0.1, 0.15) is 0 Å². The predicted molar refractivity (Wildman–Crippen MR) is 55.8 cm³/mol. The average molecular weight is 202 g/mol. The van der Waals surface area contributed by atoms with E-state index in [4.69, 9.17) is 11.6 Å². The Morgan fingerprint density at radius 3 is 3.00 bits per heavy atom. The molecular weight excluding hydrogens is 190 g/mol. The molecule has 0 atom stereocenters. The maximum Gasteiger partial charge on any atom is 0.0931 e. The Morgan fingerprint density at radius 2 is 2.42 bits per heavy atom. The van der Waals surface area contributed by atoms with E-state index in [1.54, 1.807) is 11.3 Å². The van der Waals surface area contributed by atoms with Gasteiger partial charge in [0.25, 0.3) is 0 Å². The van der Waals surface area contributed by atoms with Crippen LogP contribution < -0.4 is 5.32 Å². The molecule has 0 radical (unpaired) electrons. The molecule has 0 saturated heterocycles. The van der Waals surface area contributed by atoms with Crippen LogP contribution in [0.3, 0.4) is 0 Å². The van der Waals surface area contributed by atoms with E-state index in [0.717, 1.165) is 23.8 Å². The molecule has 0 amide bonds. The third-order valence-corrected chi connectivity index (χ3v) is 2.68. The van der Waals surface area contributed by atoms with Crippen molar-refractivity contribution in [3.05, 3.63) is 34.0 Å². The van der Waals surface area contributed by atoms with Gasteiger partial charge in [-0.1, -0.05) is 17.7 Å². The maximum atomic E-state index is 5.78. The molecule has 0 aliphatic heterocycles. The summed E-state index contributed by atoms with van der Waals surface area (Å²) >= 11 is 7.40. The zero-order chi connectivity index (χ0) is 8.81. The smallest absolute Gasteiger partial charge is 0.0931 e. The van der Waals surface area contributed by atoms with Gasteiger partial charge in [0.15, 0.2) is 0 Å². The molecule has 3 heteroatoms. The molecule has 0 fully saturated rings. The van der Waals surface area contributed by atoms with Crippen molar-refractivity contribution >= 4 is 22.9 Å². The Bertz CT molecular complexity index is 244. The quantitative estimate of drug-likeness (QED) is 0.571. The number of rotatable bonds is 5. The second-order valence-corrected chi connectivity index (χ2v) is 4.26. The van der Waals surface area contributed by atoms with Crippen LogP contribution in [0.25, 0.3) is 0 Å². The van der Waals surface area contributed by atoms with Crippen LogP contribution in [0.4, 0.5) is 0 Å². The summed E-state index contributed by atoms with van der Waals surface area (Å²) in [5.41, 5.74) is 0. The van der Waals surface area contributed by atoms with Gasteiger partial charge in [-0.05, 0) is 25.1 Å². The fourth-order valence-corrected chi connectivity index (χ4v) is 1.92. The van der Waals surface area contributed by atoms with E-state index in [1.165, 1.54) is 4.88 Å². The van der Waals surface area contributed by atoms with Crippen LogP contribution in [-0.2, 0) is 6.54 Å². The first-order chi connectivity index (χ1) is 5.83. The van der Waals surface area contributed by atoms with E-state index in [0.29, 0.717) is 0 Å². The molecule has 0 unspecified atom stereocenters. The minimum absolute atomic E-state index is 0.857. The zero-order valence-corrected chi connectivity index (χ0v) is 8.42. The lowest BCUT2D eigenvalue weighted by Gasteiger charge is -1.98. The Kier molecular flexibility index (Phi) is 4.36. The minimum Gasteiger partial charge on any atom is -0.312 e. The fourth-order valence-electron chi connectivity index (χ4n) is 0.862. The lowest BCUT2D eigenvalue weighted by Crippen LogP contribution is -2.12. The molecule has 0 spiro atoms. The standard InChI is InChI=1S/C9H12ClNS/c1-2-3-6-11-7-8-4-5-9(10)12-8/h2,4-5,11H,1,3,6-7H2. The molecule has 1 nitrogen and oxygen atoms in total.